The van der Waals surface area contributed by atoms with Gasteiger partial charge in [-0.25, -0.2) is 4.98 Å². The molecule has 5 rings (SSSR count). The van der Waals surface area contributed by atoms with Gasteiger partial charge in [-0.15, -0.1) is 0 Å². The van der Waals surface area contributed by atoms with Crippen LogP contribution in [0, 0.1) is 5.92 Å². The van der Waals surface area contributed by atoms with E-state index in [2.05, 4.69) is 43.2 Å². The van der Waals surface area contributed by atoms with Crippen LogP contribution in [0.2, 0.25) is 0 Å². The Kier molecular flexibility index (Phi) is 8.48. The lowest BCUT2D eigenvalue weighted by molar-refractivity contribution is -0.130. The zero-order valence-electron chi connectivity index (χ0n) is 20.1. The first-order chi connectivity index (χ1) is 16.5. The molecule has 3 aromatic rings. The van der Waals surface area contributed by atoms with E-state index >= 15 is 0 Å². The van der Waals surface area contributed by atoms with E-state index in [4.69, 9.17) is 0 Å². The number of hydrogen-bond acceptors (Lipinski definition) is 5. The highest BCUT2D eigenvalue weighted by Crippen LogP contribution is 2.33. The Hall–Kier alpha value is -2.55. The van der Waals surface area contributed by atoms with Gasteiger partial charge >= 0.3 is 6.61 Å². The molecule has 0 bridgehead atoms. The Balaban J connectivity index is 0.000000325. The summed E-state index contributed by atoms with van der Waals surface area (Å²) in [6, 6.07) is 0.176. The van der Waals surface area contributed by atoms with Gasteiger partial charge in [0.25, 0.3) is 0 Å². The Morgan fingerprint density at radius 2 is 1.97 bits per heavy atom. The van der Waals surface area contributed by atoms with Crippen LogP contribution in [-0.4, -0.2) is 44.0 Å². The minimum atomic E-state index is -2.78. The Morgan fingerprint density at radius 3 is 2.62 bits per heavy atom. The van der Waals surface area contributed by atoms with Gasteiger partial charge in [0, 0.05) is 42.6 Å². The first kappa shape index (κ1) is 24.6. The number of anilines is 1. The lowest BCUT2D eigenvalue weighted by Crippen LogP contribution is -2.24. The summed E-state index contributed by atoms with van der Waals surface area (Å²) >= 11 is 0. The zero-order valence-corrected chi connectivity index (χ0v) is 20.1. The number of aromatic amines is 1. The normalized spacial score (nSPS) is 17.9. The molecule has 2 saturated carbocycles. The highest BCUT2D eigenvalue weighted by atomic mass is 19.3. The molecule has 3 aromatic heterocycles. The van der Waals surface area contributed by atoms with Gasteiger partial charge < -0.3 is 15.0 Å². The molecule has 0 aromatic carbocycles. The molecule has 2 aliphatic carbocycles. The van der Waals surface area contributed by atoms with Crippen molar-refractivity contribution < 1.29 is 14.9 Å². The molecule has 7 nitrogen and oxygen atoms in total. The summed E-state index contributed by atoms with van der Waals surface area (Å²) in [6.07, 6.45) is 20.1. The smallest absolute Gasteiger partial charge is 0.345 e. The standard InChI is InChI=1S/C17H20F2N6O.C8H16.H2/c1-10(9-26-16(18)19)23-17-21-7-14-13(6-20-15(14)24-17)11-5-22-25(8-11)12-3-2-4-12;1-2-8-6-4-3-5-7-8;/h5-8,10,12,16H,2-4,9H2,1H3,(H2,20,21,23,24);8H,2-7H2,1H3;1H/t10-;;/m0../s1. The molecule has 188 valence electrons. The first-order valence-corrected chi connectivity index (χ1v) is 12.6. The summed E-state index contributed by atoms with van der Waals surface area (Å²) < 4.78 is 30.5. The average Bonchev–Trinajstić information content (AvgIpc) is 3.44. The number of nitrogens with one attached hydrogen (secondary N) is 2. The molecule has 3 heterocycles. The lowest BCUT2D eigenvalue weighted by Gasteiger charge is -2.25. The third kappa shape index (κ3) is 6.31. The lowest BCUT2D eigenvalue weighted by atomic mass is 9.88. The van der Waals surface area contributed by atoms with Crippen LogP contribution in [0.25, 0.3) is 22.2 Å². The molecule has 0 unspecified atom stereocenters. The number of ether oxygens (including phenoxy) is 1. The van der Waals surface area contributed by atoms with Crippen LogP contribution in [-0.2, 0) is 4.74 Å². The summed E-state index contributed by atoms with van der Waals surface area (Å²) in [5, 5.41) is 8.31. The Morgan fingerprint density at radius 1 is 1.18 bits per heavy atom. The fourth-order valence-corrected chi connectivity index (χ4v) is 4.62. The number of aromatic nitrogens is 5. The van der Waals surface area contributed by atoms with Crippen LogP contribution in [0.1, 0.15) is 79.1 Å². The van der Waals surface area contributed by atoms with E-state index in [1.807, 2.05) is 17.1 Å². The van der Waals surface area contributed by atoms with Gasteiger partial charge in [0.15, 0.2) is 0 Å². The van der Waals surface area contributed by atoms with E-state index < -0.39 is 6.61 Å². The summed E-state index contributed by atoms with van der Waals surface area (Å²) in [6.45, 7) is 1.13. The number of halogens is 2. The third-order valence-corrected chi connectivity index (χ3v) is 6.94. The molecule has 2 N–H and O–H groups in total. The minimum absolute atomic E-state index is 0. The van der Waals surface area contributed by atoms with Crippen LogP contribution < -0.4 is 5.32 Å². The fourth-order valence-electron chi connectivity index (χ4n) is 4.62. The van der Waals surface area contributed by atoms with E-state index in [9.17, 15) is 8.78 Å². The van der Waals surface area contributed by atoms with E-state index in [1.165, 1.54) is 57.8 Å². The zero-order chi connectivity index (χ0) is 23.9. The predicted octanol–water partition coefficient (Wildman–Crippen LogP) is 6.81. The van der Waals surface area contributed by atoms with Crippen LogP contribution in [0.15, 0.2) is 24.8 Å². The van der Waals surface area contributed by atoms with Crippen molar-refractivity contribution in [2.45, 2.75) is 90.3 Å². The molecule has 9 heteroatoms. The number of rotatable bonds is 8. The first-order valence-electron chi connectivity index (χ1n) is 12.6. The summed E-state index contributed by atoms with van der Waals surface area (Å²) in [4.78, 5) is 11.8. The maximum absolute atomic E-state index is 12.1. The number of hydrogen-bond donors (Lipinski definition) is 2. The maximum Gasteiger partial charge on any atom is 0.345 e. The number of nitrogens with zero attached hydrogens (tertiary/aromatic N) is 4. The van der Waals surface area contributed by atoms with Gasteiger partial charge in [-0.1, -0.05) is 45.4 Å². The van der Waals surface area contributed by atoms with Crippen LogP contribution in [0.5, 0.6) is 0 Å². The van der Waals surface area contributed by atoms with E-state index in [0.717, 1.165) is 22.4 Å². The SMILES string of the molecule is CCC1CCCCC1.C[C@@H](COC(F)F)Nc1ncc2c(-c3cnn(C4CCC4)c3)c[nH]c2n1.[HH]. The van der Waals surface area contributed by atoms with Gasteiger partial charge in [0.1, 0.15) is 5.65 Å². The largest absolute Gasteiger partial charge is 0.349 e. The number of alkyl halides is 2. The third-order valence-electron chi connectivity index (χ3n) is 6.94. The van der Waals surface area contributed by atoms with E-state index in [1.54, 1.807) is 13.1 Å². The molecule has 0 saturated heterocycles. The van der Waals surface area contributed by atoms with Gasteiger partial charge in [-0.3, -0.25) is 4.68 Å². The van der Waals surface area contributed by atoms with Crippen molar-refractivity contribution in [3.63, 3.8) is 0 Å². The second-order valence-corrected chi connectivity index (χ2v) is 9.50. The summed E-state index contributed by atoms with van der Waals surface area (Å²) in [7, 11) is 0. The highest BCUT2D eigenvalue weighted by Gasteiger charge is 2.21. The molecule has 0 radical (unpaired) electrons. The van der Waals surface area contributed by atoms with Crippen molar-refractivity contribution in [3.05, 3.63) is 24.8 Å². The maximum atomic E-state index is 12.1. The van der Waals surface area contributed by atoms with E-state index in [-0.39, 0.29) is 14.1 Å². The number of H-pyrrole nitrogens is 1. The van der Waals surface area contributed by atoms with Crippen molar-refractivity contribution in [3.8, 4) is 11.1 Å². The van der Waals surface area contributed by atoms with Gasteiger partial charge in [-0.2, -0.15) is 18.9 Å². The Labute approximate surface area is 201 Å². The van der Waals surface area contributed by atoms with E-state index in [0.29, 0.717) is 17.6 Å². The summed E-state index contributed by atoms with van der Waals surface area (Å²) in [5.74, 6) is 1.45. The van der Waals surface area contributed by atoms with Crippen molar-refractivity contribution in [2.24, 2.45) is 5.92 Å². The van der Waals surface area contributed by atoms with Crippen LogP contribution in [0.3, 0.4) is 0 Å². The predicted molar refractivity (Wildman–Crippen MR) is 132 cm³/mol. The van der Waals surface area contributed by atoms with Crippen LogP contribution >= 0.6 is 0 Å². The molecular formula is C25H38F2N6O. The molecule has 2 fully saturated rings. The van der Waals surface area contributed by atoms with Crippen molar-refractivity contribution in [2.75, 3.05) is 11.9 Å². The molecule has 34 heavy (non-hydrogen) atoms. The topological polar surface area (TPSA) is 80.6 Å². The Bertz CT molecular complexity index is 1030. The molecule has 0 spiro atoms. The van der Waals surface area contributed by atoms with Crippen LogP contribution in [0.4, 0.5) is 14.7 Å². The van der Waals surface area contributed by atoms with Gasteiger partial charge in [0.2, 0.25) is 5.95 Å². The van der Waals surface area contributed by atoms with Crippen molar-refractivity contribution in [1.29, 1.82) is 0 Å². The van der Waals surface area contributed by atoms with Gasteiger partial charge in [-0.05, 0) is 32.1 Å². The second-order valence-electron chi connectivity index (χ2n) is 9.50. The fraction of sp³-hybridized carbons (Fsp3) is 0.640. The molecule has 2 aliphatic rings. The molecular weight excluding hydrogens is 438 g/mol. The monoisotopic (exact) mass is 476 g/mol. The second kappa shape index (κ2) is 11.7. The highest BCUT2D eigenvalue weighted by molar-refractivity contribution is 5.93. The van der Waals surface area contributed by atoms with Crippen molar-refractivity contribution in [1.82, 2.24) is 24.7 Å². The molecule has 0 amide bonds. The average molecular weight is 477 g/mol. The number of fused-ring (bicyclic) bond motifs is 1. The molecule has 1 atom stereocenters. The quantitative estimate of drug-likeness (QED) is 0.373. The minimum Gasteiger partial charge on any atom is -0.349 e. The summed E-state index contributed by atoms with van der Waals surface area (Å²) in [5.41, 5.74) is 2.69. The van der Waals surface area contributed by atoms with Crippen molar-refractivity contribution >= 4 is 17.0 Å². The van der Waals surface area contributed by atoms with Gasteiger partial charge in [0.05, 0.1) is 18.8 Å². The molecule has 0 aliphatic heterocycles.